The van der Waals surface area contributed by atoms with Gasteiger partial charge in [0.05, 0.1) is 44.3 Å². The Hall–Kier alpha value is -3.30. The molecule has 8 nitrogen and oxygen atoms in total. The molecule has 5 rings (SSSR count). The standard InChI is InChI=1S/C34H44N2O6/c1-25-7-3-4-8-31(25)40-19-6-18-39-28-12-10-27(11-13-28)34-30(37)22-35-23-33(34)42-24-26-9-14-32-29(21-26)36(16-20-41-32)15-5-17-38-2/h3-4,7-14,21,30,33-35,37H,5-6,15-20,22-24H2,1-2H3. The molecule has 0 aliphatic carbocycles. The lowest BCUT2D eigenvalue weighted by atomic mass is 9.85. The van der Waals surface area contributed by atoms with E-state index in [1.54, 1.807) is 7.11 Å². The van der Waals surface area contributed by atoms with Gasteiger partial charge < -0.3 is 39.0 Å². The van der Waals surface area contributed by atoms with E-state index in [9.17, 15) is 5.11 Å². The molecule has 3 atom stereocenters. The fourth-order valence-corrected chi connectivity index (χ4v) is 5.65. The van der Waals surface area contributed by atoms with Crippen molar-refractivity contribution in [2.75, 3.05) is 64.6 Å². The van der Waals surface area contributed by atoms with E-state index in [-0.39, 0.29) is 12.0 Å². The Kier molecular flexibility index (Phi) is 11.0. The van der Waals surface area contributed by atoms with Gasteiger partial charge in [-0.2, -0.15) is 0 Å². The maximum absolute atomic E-state index is 10.9. The fraction of sp³-hybridized carbons (Fsp3) is 0.471. The number of piperidine rings is 1. The van der Waals surface area contributed by atoms with Crippen LogP contribution in [0.1, 0.15) is 35.4 Å². The molecule has 2 heterocycles. The molecule has 1 fully saturated rings. The van der Waals surface area contributed by atoms with Crippen LogP contribution in [-0.4, -0.2) is 77.0 Å². The minimum atomic E-state index is -0.540. The van der Waals surface area contributed by atoms with Crippen LogP contribution in [-0.2, 0) is 16.1 Å². The van der Waals surface area contributed by atoms with Gasteiger partial charge in [0.2, 0.25) is 0 Å². The number of aryl methyl sites for hydroxylation is 1. The smallest absolute Gasteiger partial charge is 0.142 e. The first kappa shape index (κ1) is 30.2. The second-order valence-corrected chi connectivity index (χ2v) is 11.0. The van der Waals surface area contributed by atoms with Crippen LogP contribution in [0.5, 0.6) is 17.2 Å². The molecule has 0 spiro atoms. The first-order valence-electron chi connectivity index (χ1n) is 15.0. The van der Waals surface area contributed by atoms with Gasteiger partial charge in [0.1, 0.15) is 23.9 Å². The van der Waals surface area contributed by atoms with Crippen molar-refractivity contribution in [3.63, 3.8) is 0 Å². The summed E-state index contributed by atoms with van der Waals surface area (Å²) >= 11 is 0. The van der Waals surface area contributed by atoms with Gasteiger partial charge in [-0.1, -0.05) is 36.4 Å². The van der Waals surface area contributed by atoms with E-state index in [0.717, 1.165) is 72.2 Å². The van der Waals surface area contributed by atoms with Crippen molar-refractivity contribution in [2.24, 2.45) is 0 Å². The van der Waals surface area contributed by atoms with Crippen molar-refractivity contribution >= 4 is 5.69 Å². The van der Waals surface area contributed by atoms with Gasteiger partial charge in [-0.3, -0.25) is 0 Å². The molecule has 2 aliphatic rings. The zero-order valence-corrected chi connectivity index (χ0v) is 24.8. The maximum atomic E-state index is 10.9. The fourth-order valence-electron chi connectivity index (χ4n) is 5.65. The quantitative estimate of drug-likeness (QED) is 0.267. The van der Waals surface area contributed by atoms with Gasteiger partial charge in [-0.15, -0.1) is 0 Å². The lowest BCUT2D eigenvalue weighted by Crippen LogP contribution is -2.49. The Balaban J connectivity index is 1.14. The first-order chi connectivity index (χ1) is 20.6. The molecule has 2 N–H and O–H groups in total. The summed E-state index contributed by atoms with van der Waals surface area (Å²) in [4.78, 5) is 2.36. The van der Waals surface area contributed by atoms with Gasteiger partial charge in [0.25, 0.3) is 0 Å². The zero-order valence-electron chi connectivity index (χ0n) is 24.8. The minimum absolute atomic E-state index is 0.130. The van der Waals surface area contributed by atoms with Crippen LogP contribution in [0.2, 0.25) is 0 Å². The lowest BCUT2D eigenvalue weighted by molar-refractivity contribution is -0.0328. The number of para-hydroxylation sites is 1. The minimum Gasteiger partial charge on any atom is -0.493 e. The van der Waals surface area contributed by atoms with Crippen LogP contribution in [0.3, 0.4) is 0 Å². The number of ether oxygens (including phenoxy) is 5. The van der Waals surface area contributed by atoms with Crippen LogP contribution in [0.4, 0.5) is 5.69 Å². The van der Waals surface area contributed by atoms with Gasteiger partial charge in [-0.05, 0) is 60.4 Å². The molecule has 0 radical (unpaired) electrons. The molecule has 0 saturated carbocycles. The van der Waals surface area contributed by atoms with Gasteiger partial charge in [0.15, 0.2) is 0 Å². The van der Waals surface area contributed by atoms with Crippen molar-refractivity contribution in [2.45, 2.75) is 44.5 Å². The number of aliphatic hydroxyl groups excluding tert-OH is 1. The molecule has 0 amide bonds. The number of hydrogen-bond acceptors (Lipinski definition) is 8. The Bertz CT molecular complexity index is 1250. The van der Waals surface area contributed by atoms with E-state index >= 15 is 0 Å². The zero-order chi connectivity index (χ0) is 29.1. The van der Waals surface area contributed by atoms with E-state index in [4.69, 9.17) is 23.7 Å². The number of rotatable bonds is 14. The third kappa shape index (κ3) is 7.95. The van der Waals surface area contributed by atoms with Crippen LogP contribution in [0, 0.1) is 6.92 Å². The van der Waals surface area contributed by atoms with E-state index < -0.39 is 6.10 Å². The lowest BCUT2D eigenvalue weighted by Gasteiger charge is -2.36. The van der Waals surface area contributed by atoms with Crippen molar-refractivity contribution in [1.29, 1.82) is 0 Å². The Labute approximate surface area is 249 Å². The highest BCUT2D eigenvalue weighted by atomic mass is 16.5. The van der Waals surface area contributed by atoms with E-state index in [1.165, 1.54) is 0 Å². The van der Waals surface area contributed by atoms with Crippen molar-refractivity contribution in [3.05, 3.63) is 83.4 Å². The summed E-state index contributed by atoms with van der Waals surface area (Å²) in [6.45, 7) is 8.12. The number of β-amino-alcohol motifs (C(OH)–C–C–N with tert-alkyl or cyclic N) is 1. The number of aliphatic hydroxyl groups is 1. The number of anilines is 1. The highest BCUT2D eigenvalue weighted by Crippen LogP contribution is 2.34. The number of benzene rings is 3. The average Bonchev–Trinajstić information content (AvgIpc) is 3.01. The largest absolute Gasteiger partial charge is 0.493 e. The molecule has 42 heavy (non-hydrogen) atoms. The third-order valence-corrected chi connectivity index (χ3v) is 7.91. The van der Waals surface area contributed by atoms with Gasteiger partial charge >= 0.3 is 0 Å². The summed E-state index contributed by atoms with van der Waals surface area (Å²) in [6, 6.07) is 22.3. The van der Waals surface area contributed by atoms with Crippen molar-refractivity contribution < 1.29 is 28.8 Å². The number of fused-ring (bicyclic) bond motifs is 1. The summed E-state index contributed by atoms with van der Waals surface area (Å²) in [5.74, 6) is 2.51. The molecule has 1 saturated heterocycles. The average molecular weight is 577 g/mol. The molecule has 3 aromatic rings. The van der Waals surface area contributed by atoms with Crippen LogP contribution in [0.15, 0.2) is 66.7 Å². The van der Waals surface area contributed by atoms with E-state index in [2.05, 4.69) is 22.3 Å². The number of nitrogens with one attached hydrogen (secondary N) is 1. The maximum Gasteiger partial charge on any atom is 0.142 e. The Morgan fingerprint density at radius 3 is 2.62 bits per heavy atom. The molecular formula is C34H44N2O6. The SMILES string of the molecule is COCCCN1CCOc2ccc(COC3CNCC(O)C3c3ccc(OCCCOc4ccccc4C)cc3)cc21. The van der Waals surface area contributed by atoms with Gasteiger partial charge in [-0.25, -0.2) is 0 Å². The third-order valence-electron chi connectivity index (χ3n) is 7.91. The monoisotopic (exact) mass is 576 g/mol. The molecule has 2 aliphatic heterocycles. The summed E-state index contributed by atoms with van der Waals surface area (Å²) in [7, 11) is 1.74. The Morgan fingerprint density at radius 2 is 1.79 bits per heavy atom. The normalized spacial score (nSPS) is 20.1. The summed E-state index contributed by atoms with van der Waals surface area (Å²) in [6.07, 6.45) is 1.06. The molecule has 226 valence electrons. The van der Waals surface area contributed by atoms with Crippen molar-refractivity contribution in [3.8, 4) is 17.2 Å². The number of hydrogen-bond donors (Lipinski definition) is 2. The first-order valence-corrected chi connectivity index (χ1v) is 15.0. The van der Waals surface area contributed by atoms with E-state index in [0.29, 0.717) is 39.5 Å². The Morgan fingerprint density at radius 1 is 0.952 bits per heavy atom. The highest BCUT2D eigenvalue weighted by Gasteiger charge is 2.34. The predicted octanol–water partition coefficient (Wildman–Crippen LogP) is 4.71. The molecule has 3 aromatic carbocycles. The van der Waals surface area contributed by atoms with Crippen LogP contribution < -0.4 is 24.4 Å². The molecule has 0 aromatic heterocycles. The number of nitrogens with zero attached hydrogens (tertiary/aromatic N) is 1. The predicted molar refractivity (Wildman–Crippen MR) is 164 cm³/mol. The summed E-state index contributed by atoms with van der Waals surface area (Å²) in [5, 5.41) is 14.3. The molecule has 3 unspecified atom stereocenters. The van der Waals surface area contributed by atoms with E-state index in [1.807, 2.05) is 61.5 Å². The van der Waals surface area contributed by atoms with Crippen LogP contribution in [0.25, 0.3) is 0 Å². The van der Waals surface area contributed by atoms with Crippen molar-refractivity contribution in [1.82, 2.24) is 5.32 Å². The second kappa shape index (κ2) is 15.3. The molecular weight excluding hydrogens is 532 g/mol. The summed E-state index contributed by atoms with van der Waals surface area (Å²) < 4.78 is 29.4. The molecule has 0 bridgehead atoms. The van der Waals surface area contributed by atoms with Gasteiger partial charge in [0, 0.05) is 45.7 Å². The summed E-state index contributed by atoms with van der Waals surface area (Å²) in [5.41, 5.74) is 4.38. The highest BCUT2D eigenvalue weighted by molar-refractivity contribution is 5.61. The topological polar surface area (TPSA) is 81.7 Å². The number of methoxy groups -OCH3 is 1. The molecule has 8 heteroatoms. The second-order valence-electron chi connectivity index (χ2n) is 11.0. The van der Waals surface area contributed by atoms with Crippen LogP contribution >= 0.6 is 0 Å².